The predicted molar refractivity (Wildman–Crippen MR) is 73.8 cm³/mol. The molecule has 5 heteroatoms. The Morgan fingerprint density at radius 2 is 2.37 bits per heavy atom. The molecule has 2 aliphatic rings. The molecule has 19 heavy (non-hydrogen) atoms. The summed E-state index contributed by atoms with van der Waals surface area (Å²) >= 11 is 1.63. The normalized spacial score (nSPS) is 23.3. The summed E-state index contributed by atoms with van der Waals surface area (Å²) in [5, 5.41) is 3.01. The van der Waals surface area contributed by atoms with Crippen LogP contribution in [0.2, 0.25) is 0 Å². The molecule has 1 amide bonds. The topological polar surface area (TPSA) is 42.4 Å². The maximum Gasteiger partial charge on any atom is 0.223 e. The molecule has 0 N–H and O–H groups in total. The molecule has 1 saturated heterocycles. The van der Waals surface area contributed by atoms with E-state index in [4.69, 9.17) is 4.74 Å². The Labute approximate surface area is 117 Å². The van der Waals surface area contributed by atoms with Crippen molar-refractivity contribution in [3.8, 4) is 0 Å². The molecule has 0 spiro atoms. The van der Waals surface area contributed by atoms with Gasteiger partial charge in [-0.3, -0.25) is 4.79 Å². The number of amides is 1. The summed E-state index contributed by atoms with van der Waals surface area (Å²) in [5.74, 6) is 0.701. The van der Waals surface area contributed by atoms with Crippen LogP contribution < -0.4 is 0 Å². The summed E-state index contributed by atoms with van der Waals surface area (Å²) in [7, 11) is 0. The second kappa shape index (κ2) is 6.01. The van der Waals surface area contributed by atoms with Gasteiger partial charge in [-0.05, 0) is 31.6 Å². The Kier molecular flexibility index (Phi) is 4.13. The van der Waals surface area contributed by atoms with Gasteiger partial charge in [-0.15, -0.1) is 11.3 Å². The first-order valence-electron chi connectivity index (χ1n) is 7.08. The molecule has 1 aromatic heterocycles. The quantitative estimate of drug-likeness (QED) is 0.832. The van der Waals surface area contributed by atoms with E-state index in [1.807, 2.05) is 16.5 Å². The predicted octanol–water partition coefficient (Wildman–Crippen LogP) is 2.45. The van der Waals surface area contributed by atoms with Crippen molar-refractivity contribution in [2.45, 2.75) is 44.7 Å². The highest BCUT2D eigenvalue weighted by molar-refractivity contribution is 7.09. The SMILES string of the molecule is O=C(C[C@H]1CCCOC1)N(Cc1nccs1)C1CC1. The summed E-state index contributed by atoms with van der Waals surface area (Å²) in [5.41, 5.74) is 0. The van der Waals surface area contributed by atoms with E-state index in [0.717, 1.165) is 43.9 Å². The van der Waals surface area contributed by atoms with Crippen LogP contribution >= 0.6 is 11.3 Å². The summed E-state index contributed by atoms with van der Waals surface area (Å²) in [6.45, 7) is 2.30. The van der Waals surface area contributed by atoms with Crippen LogP contribution in [-0.4, -0.2) is 35.0 Å². The van der Waals surface area contributed by atoms with Gasteiger partial charge >= 0.3 is 0 Å². The van der Waals surface area contributed by atoms with Gasteiger partial charge in [-0.25, -0.2) is 4.98 Å². The highest BCUT2D eigenvalue weighted by Gasteiger charge is 2.34. The molecule has 104 valence electrons. The van der Waals surface area contributed by atoms with Gasteiger partial charge in [0.2, 0.25) is 5.91 Å². The van der Waals surface area contributed by atoms with E-state index in [9.17, 15) is 4.79 Å². The van der Waals surface area contributed by atoms with E-state index in [1.54, 1.807) is 11.3 Å². The van der Waals surface area contributed by atoms with Gasteiger partial charge in [-0.1, -0.05) is 0 Å². The van der Waals surface area contributed by atoms with Crippen LogP contribution in [0.5, 0.6) is 0 Å². The summed E-state index contributed by atoms with van der Waals surface area (Å²) < 4.78 is 5.46. The van der Waals surface area contributed by atoms with Crippen LogP contribution in [0.4, 0.5) is 0 Å². The van der Waals surface area contributed by atoms with Crippen LogP contribution in [0.1, 0.15) is 37.1 Å². The van der Waals surface area contributed by atoms with Crippen molar-refractivity contribution in [1.29, 1.82) is 0 Å². The molecule has 3 rings (SSSR count). The Morgan fingerprint density at radius 3 is 3.00 bits per heavy atom. The minimum atomic E-state index is 0.285. The number of ether oxygens (including phenoxy) is 1. The standard InChI is InChI=1S/C14H20N2O2S/c17-14(8-11-2-1-6-18-10-11)16(12-3-4-12)9-13-15-5-7-19-13/h5,7,11-12H,1-4,6,8-10H2/t11-/m1/s1. The van der Waals surface area contributed by atoms with E-state index < -0.39 is 0 Å². The third-order valence-corrected chi connectivity index (χ3v) is 4.58. The third-order valence-electron chi connectivity index (χ3n) is 3.81. The Hall–Kier alpha value is -0.940. The zero-order chi connectivity index (χ0) is 13.1. The zero-order valence-corrected chi connectivity index (χ0v) is 11.9. The van der Waals surface area contributed by atoms with Gasteiger partial charge in [-0.2, -0.15) is 0 Å². The zero-order valence-electron chi connectivity index (χ0n) is 11.1. The van der Waals surface area contributed by atoms with E-state index >= 15 is 0 Å². The van der Waals surface area contributed by atoms with Crippen molar-refractivity contribution in [3.05, 3.63) is 16.6 Å². The lowest BCUT2D eigenvalue weighted by Gasteiger charge is -2.26. The lowest BCUT2D eigenvalue weighted by molar-refractivity contribution is -0.134. The Bertz CT molecular complexity index is 411. The van der Waals surface area contributed by atoms with Gasteiger partial charge in [0.15, 0.2) is 0 Å². The average Bonchev–Trinajstić information content (AvgIpc) is 3.14. The van der Waals surface area contributed by atoms with Crippen LogP contribution in [-0.2, 0) is 16.1 Å². The molecular weight excluding hydrogens is 260 g/mol. The number of rotatable bonds is 5. The van der Waals surface area contributed by atoms with E-state index in [0.29, 0.717) is 24.9 Å². The van der Waals surface area contributed by atoms with E-state index in [2.05, 4.69) is 4.98 Å². The molecule has 0 radical (unpaired) electrons. The first kappa shape index (κ1) is 13.1. The smallest absolute Gasteiger partial charge is 0.223 e. The van der Waals surface area contributed by atoms with E-state index in [-0.39, 0.29) is 5.91 Å². The molecule has 0 unspecified atom stereocenters. The van der Waals surface area contributed by atoms with E-state index in [1.165, 1.54) is 0 Å². The molecule has 1 aromatic rings. The first-order valence-corrected chi connectivity index (χ1v) is 7.96. The maximum atomic E-state index is 12.5. The summed E-state index contributed by atoms with van der Waals surface area (Å²) in [4.78, 5) is 18.8. The van der Waals surface area contributed by atoms with Crippen molar-refractivity contribution < 1.29 is 9.53 Å². The number of nitrogens with zero attached hydrogens (tertiary/aromatic N) is 2. The van der Waals surface area contributed by atoms with Crippen LogP contribution in [0.15, 0.2) is 11.6 Å². The van der Waals surface area contributed by atoms with Gasteiger partial charge in [0, 0.05) is 37.3 Å². The molecule has 1 saturated carbocycles. The number of aromatic nitrogens is 1. The second-order valence-electron chi connectivity index (χ2n) is 5.47. The fourth-order valence-electron chi connectivity index (χ4n) is 2.62. The minimum absolute atomic E-state index is 0.285. The summed E-state index contributed by atoms with van der Waals surface area (Å²) in [6.07, 6.45) is 6.97. The number of carbonyl (C=O) groups excluding carboxylic acids is 1. The molecule has 1 aliphatic carbocycles. The van der Waals surface area contributed by atoms with Crippen LogP contribution in [0.25, 0.3) is 0 Å². The highest BCUT2D eigenvalue weighted by Crippen LogP contribution is 2.30. The molecule has 1 atom stereocenters. The van der Waals surface area contributed by atoms with Crippen LogP contribution in [0, 0.1) is 5.92 Å². The molecule has 0 bridgehead atoms. The molecule has 1 aliphatic heterocycles. The lowest BCUT2D eigenvalue weighted by Crippen LogP contribution is -2.35. The maximum absolute atomic E-state index is 12.5. The van der Waals surface area contributed by atoms with Crippen molar-refractivity contribution in [2.75, 3.05) is 13.2 Å². The molecule has 4 nitrogen and oxygen atoms in total. The second-order valence-corrected chi connectivity index (χ2v) is 6.45. The largest absolute Gasteiger partial charge is 0.381 e. The number of carbonyl (C=O) groups is 1. The minimum Gasteiger partial charge on any atom is -0.381 e. The Balaban J connectivity index is 1.57. The van der Waals surface area contributed by atoms with Gasteiger partial charge in [0.05, 0.1) is 6.54 Å². The van der Waals surface area contributed by atoms with Crippen molar-refractivity contribution in [3.63, 3.8) is 0 Å². The molecule has 2 heterocycles. The summed E-state index contributed by atoms with van der Waals surface area (Å²) in [6, 6.07) is 0.459. The monoisotopic (exact) mass is 280 g/mol. The lowest BCUT2D eigenvalue weighted by atomic mass is 9.98. The number of hydrogen-bond acceptors (Lipinski definition) is 4. The number of hydrogen-bond donors (Lipinski definition) is 0. The van der Waals surface area contributed by atoms with Gasteiger partial charge in [0.1, 0.15) is 5.01 Å². The van der Waals surface area contributed by atoms with Crippen molar-refractivity contribution in [2.24, 2.45) is 5.92 Å². The molecular formula is C14H20N2O2S. The fraction of sp³-hybridized carbons (Fsp3) is 0.714. The number of thiazole rings is 1. The first-order chi connectivity index (χ1) is 9.33. The average molecular weight is 280 g/mol. The van der Waals surface area contributed by atoms with Crippen molar-refractivity contribution in [1.82, 2.24) is 9.88 Å². The van der Waals surface area contributed by atoms with Gasteiger partial charge in [0.25, 0.3) is 0 Å². The van der Waals surface area contributed by atoms with Gasteiger partial charge < -0.3 is 9.64 Å². The Morgan fingerprint density at radius 1 is 1.47 bits per heavy atom. The fourth-order valence-corrected chi connectivity index (χ4v) is 3.23. The molecule has 2 fully saturated rings. The van der Waals surface area contributed by atoms with Crippen molar-refractivity contribution >= 4 is 17.2 Å². The highest BCUT2D eigenvalue weighted by atomic mass is 32.1. The van der Waals surface area contributed by atoms with Crippen LogP contribution in [0.3, 0.4) is 0 Å². The third kappa shape index (κ3) is 3.54. The molecule has 0 aromatic carbocycles.